The van der Waals surface area contributed by atoms with Gasteiger partial charge in [0.05, 0.1) is 26.4 Å². The molecule has 0 unspecified atom stereocenters. The van der Waals surface area contributed by atoms with E-state index in [1.807, 2.05) is 30.3 Å². The van der Waals surface area contributed by atoms with Crippen molar-refractivity contribution in [3.05, 3.63) is 71.3 Å². The van der Waals surface area contributed by atoms with E-state index in [2.05, 4.69) is 48.4 Å². The molecule has 0 spiro atoms. The Balaban J connectivity index is 1.27. The number of hydrogen-bond acceptors (Lipinski definition) is 10. The lowest BCUT2D eigenvalue weighted by molar-refractivity contribution is 0.0511. The van der Waals surface area contributed by atoms with Crippen LogP contribution in [0, 0.1) is 0 Å². The summed E-state index contributed by atoms with van der Waals surface area (Å²) in [6.07, 6.45) is 4.69. The van der Waals surface area contributed by atoms with Gasteiger partial charge < -0.3 is 36.5 Å². The van der Waals surface area contributed by atoms with Gasteiger partial charge in [0, 0.05) is 37.8 Å². The highest BCUT2D eigenvalue weighted by atomic mass is 16.5. The van der Waals surface area contributed by atoms with Crippen molar-refractivity contribution in [2.24, 2.45) is 5.73 Å². The summed E-state index contributed by atoms with van der Waals surface area (Å²) in [4.78, 5) is 26.2. The summed E-state index contributed by atoms with van der Waals surface area (Å²) in [5.74, 6) is 1.43. The normalized spacial score (nSPS) is 13.2. The van der Waals surface area contributed by atoms with Crippen molar-refractivity contribution < 1.29 is 14.3 Å². The molecule has 6 N–H and O–H groups in total. The minimum absolute atomic E-state index is 0.142. The van der Waals surface area contributed by atoms with E-state index in [9.17, 15) is 4.79 Å². The van der Waals surface area contributed by atoms with Crippen molar-refractivity contribution in [2.45, 2.75) is 44.8 Å². The molecule has 11 nitrogen and oxygen atoms in total. The maximum absolute atomic E-state index is 12.4. The third-order valence-electron chi connectivity index (χ3n) is 6.45. The molecule has 1 saturated carbocycles. The summed E-state index contributed by atoms with van der Waals surface area (Å²) in [5.41, 5.74) is 8.10. The van der Waals surface area contributed by atoms with Gasteiger partial charge in [0.25, 0.3) is 5.91 Å². The Morgan fingerprint density at radius 2 is 1.38 bits per heavy atom. The molecule has 0 radical (unpaired) electrons. The quantitative estimate of drug-likeness (QED) is 0.159. The summed E-state index contributed by atoms with van der Waals surface area (Å²) in [7, 11) is 0. The first-order valence-electron chi connectivity index (χ1n) is 14.0. The molecule has 1 aliphatic carbocycles. The lowest BCUT2D eigenvalue weighted by Gasteiger charge is -2.15. The third-order valence-corrected chi connectivity index (χ3v) is 6.45. The van der Waals surface area contributed by atoms with E-state index < -0.39 is 0 Å². The van der Waals surface area contributed by atoms with Crippen LogP contribution in [0.4, 0.5) is 17.8 Å². The molecule has 0 bridgehead atoms. The van der Waals surface area contributed by atoms with Gasteiger partial charge in [-0.3, -0.25) is 4.79 Å². The first-order valence-corrected chi connectivity index (χ1v) is 14.0. The molecule has 11 heteroatoms. The van der Waals surface area contributed by atoms with Crippen LogP contribution in [0.2, 0.25) is 0 Å². The molecule has 214 valence electrons. The van der Waals surface area contributed by atoms with E-state index in [0.717, 1.165) is 24.0 Å². The Hall–Kier alpha value is -3.80. The highest BCUT2D eigenvalue weighted by molar-refractivity contribution is 5.94. The largest absolute Gasteiger partial charge is 0.378 e. The molecular formula is C29H40N8O3. The van der Waals surface area contributed by atoms with E-state index in [1.54, 1.807) is 12.1 Å². The summed E-state index contributed by atoms with van der Waals surface area (Å²) >= 11 is 0. The highest BCUT2D eigenvalue weighted by Gasteiger charge is 2.17. The van der Waals surface area contributed by atoms with E-state index in [0.29, 0.717) is 82.1 Å². The number of ether oxygens (including phenoxy) is 2. The van der Waals surface area contributed by atoms with Crippen molar-refractivity contribution >= 4 is 23.8 Å². The number of nitrogens with one attached hydrogen (secondary N) is 4. The van der Waals surface area contributed by atoms with Crippen molar-refractivity contribution in [1.82, 2.24) is 20.3 Å². The van der Waals surface area contributed by atoms with Crippen molar-refractivity contribution in [2.75, 3.05) is 55.5 Å². The summed E-state index contributed by atoms with van der Waals surface area (Å²) in [5, 5.41) is 12.9. The molecular weight excluding hydrogens is 508 g/mol. The number of rotatable bonds is 17. The summed E-state index contributed by atoms with van der Waals surface area (Å²) < 4.78 is 10.7. The Labute approximate surface area is 235 Å². The fourth-order valence-corrected chi connectivity index (χ4v) is 4.33. The third kappa shape index (κ3) is 10.1. The number of benzene rings is 2. The van der Waals surface area contributed by atoms with Crippen LogP contribution in [0.5, 0.6) is 0 Å². The zero-order chi connectivity index (χ0) is 27.8. The summed E-state index contributed by atoms with van der Waals surface area (Å²) in [6.45, 7) is 3.96. The molecule has 1 amide bonds. The number of amides is 1. The Morgan fingerprint density at radius 1 is 0.775 bits per heavy atom. The molecule has 1 aromatic heterocycles. The van der Waals surface area contributed by atoms with Crippen LogP contribution in [-0.2, 0) is 22.6 Å². The highest BCUT2D eigenvalue weighted by Crippen LogP contribution is 2.22. The topological polar surface area (TPSA) is 148 Å². The minimum atomic E-state index is -0.142. The molecule has 0 saturated heterocycles. The van der Waals surface area contributed by atoms with E-state index in [4.69, 9.17) is 15.2 Å². The molecule has 40 heavy (non-hydrogen) atoms. The second-order valence-corrected chi connectivity index (χ2v) is 9.59. The second kappa shape index (κ2) is 16.3. The lowest BCUT2D eigenvalue weighted by Crippen LogP contribution is -2.27. The van der Waals surface area contributed by atoms with Gasteiger partial charge in [-0.25, -0.2) is 0 Å². The van der Waals surface area contributed by atoms with Crippen molar-refractivity contribution in [1.29, 1.82) is 0 Å². The zero-order valence-corrected chi connectivity index (χ0v) is 22.9. The van der Waals surface area contributed by atoms with Gasteiger partial charge >= 0.3 is 0 Å². The lowest BCUT2D eigenvalue weighted by atomic mass is 10.1. The SMILES string of the molecule is NCCOCCOCCNC(=O)c1ccc(CNc2nc(NCc3ccccc3)nc(NC3CCCC3)n2)cc1. The van der Waals surface area contributed by atoms with Crippen LogP contribution < -0.4 is 27.0 Å². The predicted octanol–water partition coefficient (Wildman–Crippen LogP) is 3.17. The van der Waals surface area contributed by atoms with Crippen LogP contribution in [-0.4, -0.2) is 66.4 Å². The fourth-order valence-electron chi connectivity index (χ4n) is 4.33. The predicted molar refractivity (Wildman–Crippen MR) is 156 cm³/mol. The maximum atomic E-state index is 12.4. The molecule has 1 fully saturated rings. The number of anilines is 3. The molecule has 2 aromatic carbocycles. The van der Waals surface area contributed by atoms with Crippen molar-refractivity contribution in [3.8, 4) is 0 Å². The first-order chi connectivity index (χ1) is 19.7. The number of nitrogens with two attached hydrogens (primary N) is 1. The number of aromatic nitrogens is 3. The zero-order valence-electron chi connectivity index (χ0n) is 22.9. The molecule has 0 atom stereocenters. The Morgan fingerprint density at radius 3 is 2.02 bits per heavy atom. The second-order valence-electron chi connectivity index (χ2n) is 9.59. The number of carbonyl (C=O) groups excluding carboxylic acids is 1. The van der Waals surface area contributed by atoms with Crippen LogP contribution in [0.1, 0.15) is 47.2 Å². The van der Waals surface area contributed by atoms with E-state index >= 15 is 0 Å². The van der Waals surface area contributed by atoms with Crippen LogP contribution in [0.15, 0.2) is 54.6 Å². The van der Waals surface area contributed by atoms with Crippen LogP contribution >= 0.6 is 0 Å². The van der Waals surface area contributed by atoms with E-state index in [-0.39, 0.29) is 5.91 Å². The monoisotopic (exact) mass is 548 g/mol. The number of hydrogen-bond donors (Lipinski definition) is 5. The smallest absolute Gasteiger partial charge is 0.251 e. The van der Waals surface area contributed by atoms with Crippen LogP contribution in [0.3, 0.4) is 0 Å². The molecule has 1 aliphatic rings. The van der Waals surface area contributed by atoms with E-state index in [1.165, 1.54) is 12.8 Å². The van der Waals surface area contributed by atoms with Gasteiger partial charge in [-0.2, -0.15) is 15.0 Å². The van der Waals surface area contributed by atoms with Gasteiger partial charge in [-0.15, -0.1) is 0 Å². The fraction of sp³-hybridized carbons (Fsp3) is 0.448. The summed E-state index contributed by atoms with van der Waals surface area (Å²) in [6, 6.07) is 18.0. The average Bonchev–Trinajstić information content (AvgIpc) is 3.50. The number of carbonyl (C=O) groups is 1. The first kappa shape index (κ1) is 29.2. The average molecular weight is 549 g/mol. The standard InChI is InChI=1S/C29H40N8O3/c30-14-16-39-18-19-40-17-15-31-26(38)24-12-10-23(11-13-24)21-33-28-35-27(32-20-22-6-2-1-3-7-22)36-29(37-28)34-25-8-4-5-9-25/h1-3,6-7,10-13,25H,4-5,8-9,14-21,30H2,(H,31,38)(H3,32,33,34,35,36,37). The van der Waals surface area contributed by atoms with Gasteiger partial charge in [-0.05, 0) is 36.1 Å². The van der Waals surface area contributed by atoms with Gasteiger partial charge in [0.15, 0.2) is 0 Å². The van der Waals surface area contributed by atoms with Gasteiger partial charge in [0.2, 0.25) is 17.8 Å². The minimum Gasteiger partial charge on any atom is -0.378 e. The molecule has 4 rings (SSSR count). The Bertz CT molecular complexity index is 1160. The molecule has 3 aromatic rings. The maximum Gasteiger partial charge on any atom is 0.251 e. The number of nitrogens with zero attached hydrogens (tertiary/aromatic N) is 3. The van der Waals surface area contributed by atoms with Gasteiger partial charge in [-0.1, -0.05) is 55.3 Å². The van der Waals surface area contributed by atoms with Crippen molar-refractivity contribution in [3.63, 3.8) is 0 Å². The Kier molecular flexibility index (Phi) is 11.9. The molecule has 0 aliphatic heterocycles. The molecule has 1 heterocycles. The van der Waals surface area contributed by atoms with Gasteiger partial charge in [0.1, 0.15) is 0 Å². The van der Waals surface area contributed by atoms with Crippen LogP contribution in [0.25, 0.3) is 0 Å².